The van der Waals surface area contributed by atoms with Gasteiger partial charge in [0.25, 0.3) is 5.91 Å². The number of fused-ring (bicyclic) bond motifs is 4. The molecular formula is C30H29N3O2. The highest BCUT2D eigenvalue weighted by atomic mass is 16.2. The molecule has 3 saturated heterocycles. The molecule has 3 aliphatic heterocycles. The van der Waals surface area contributed by atoms with Crippen LogP contribution in [0.1, 0.15) is 28.8 Å². The van der Waals surface area contributed by atoms with Crippen LogP contribution < -0.4 is 5.43 Å². The Kier molecular flexibility index (Phi) is 4.81. The minimum absolute atomic E-state index is 0.0171. The van der Waals surface area contributed by atoms with Gasteiger partial charge in [0.15, 0.2) is 5.43 Å². The number of aromatic amines is 1. The molecular weight excluding hydrogens is 434 g/mol. The first-order valence-electron chi connectivity index (χ1n) is 12.8. The molecule has 5 nitrogen and oxygen atoms in total. The van der Waals surface area contributed by atoms with Crippen LogP contribution in [0.2, 0.25) is 0 Å². The number of nitrogens with zero attached hydrogens (tertiary/aromatic N) is 2. The maximum atomic E-state index is 13.8. The quantitative estimate of drug-likeness (QED) is 0.450. The van der Waals surface area contributed by atoms with Crippen molar-refractivity contribution in [1.82, 2.24) is 14.8 Å². The SMILES string of the molecule is O=C(c1ccc2[nH]c3ccccc3c(=O)c2c1)N1CC2CCC1C1CN(Cc3ccccc3)CC21. The number of carbonyl (C=O) groups is 1. The Morgan fingerprint density at radius 1 is 0.829 bits per heavy atom. The molecule has 1 amide bonds. The van der Waals surface area contributed by atoms with E-state index in [1.165, 1.54) is 12.0 Å². The van der Waals surface area contributed by atoms with Gasteiger partial charge in [-0.1, -0.05) is 42.5 Å². The van der Waals surface area contributed by atoms with Gasteiger partial charge >= 0.3 is 0 Å². The maximum absolute atomic E-state index is 13.8. The van der Waals surface area contributed by atoms with Crippen molar-refractivity contribution in [2.75, 3.05) is 19.6 Å². The predicted octanol–water partition coefficient (Wildman–Crippen LogP) is 4.66. The highest BCUT2D eigenvalue weighted by Crippen LogP contribution is 2.47. The van der Waals surface area contributed by atoms with Crippen LogP contribution in [0, 0.1) is 17.8 Å². The molecule has 8 rings (SSSR count). The maximum Gasteiger partial charge on any atom is 0.254 e. The molecule has 5 heteroatoms. The van der Waals surface area contributed by atoms with Gasteiger partial charge in [-0.15, -0.1) is 0 Å². The molecule has 0 spiro atoms. The number of piperidine rings is 2. The summed E-state index contributed by atoms with van der Waals surface area (Å²) in [4.78, 5) is 35.0. The second-order valence-electron chi connectivity index (χ2n) is 10.6. The minimum atomic E-state index is -0.0171. The van der Waals surface area contributed by atoms with Crippen molar-refractivity contribution in [2.45, 2.75) is 25.4 Å². The Morgan fingerprint density at radius 3 is 2.49 bits per heavy atom. The number of hydrogen-bond donors (Lipinski definition) is 1. The van der Waals surface area contributed by atoms with Crippen molar-refractivity contribution in [3.8, 4) is 0 Å². The van der Waals surface area contributed by atoms with Crippen LogP contribution in [0.15, 0.2) is 77.6 Å². The summed E-state index contributed by atoms with van der Waals surface area (Å²) < 4.78 is 0. The zero-order valence-electron chi connectivity index (χ0n) is 19.7. The molecule has 1 saturated carbocycles. The average Bonchev–Trinajstić information content (AvgIpc) is 3.35. The largest absolute Gasteiger partial charge is 0.354 e. The number of amides is 1. The van der Waals surface area contributed by atoms with Crippen molar-refractivity contribution in [3.63, 3.8) is 0 Å². The summed E-state index contributed by atoms with van der Waals surface area (Å²) in [6, 6.07) is 24.1. The number of H-pyrrole nitrogens is 1. The van der Waals surface area contributed by atoms with E-state index < -0.39 is 0 Å². The summed E-state index contributed by atoms with van der Waals surface area (Å²) in [7, 11) is 0. The zero-order valence-corrected chi connectivity index (χ0v) is 19.7. The van der Waals surface area contributed by atoms with Crippen molar-refractivity contribution >= 4 is 27.7 Å². The molecule has 4 atom stereocenters. The first-order valence-corrected chi connectivity index (χ1v) is 12.8. The van der Waals surface area contributed by atoms with Gasteiger partial charge in [0.2, 0.25) is 0 Å². The van der Waals surface area contributed by atoms with E-state index in [1.54, 1.807) is 6.07 Å². The highest BCUT2D eigenvalue weighted by molar-refractivity contribution is 6.00. The second kappa shape index (κ2) is 8.06. The third kappa shape index (κ3) is 3.41. The van der Waals surface area contributed by atoms with Crippen molar-refractivity contribution in [3.05, 3.63) is 94.1 Å². The van der Waals surface area contributed by atoms with Crippen LogP contribution in [0.3, 0.4) is 0 Å². The molecule has 1 aliphatic carbocycles. The van der Waals surface area contributed by atoms with E-state index in [2.05, 4.69) is 45.1 Å². The van der Waals surface area contributed by atoms with E-state index in [0.29, 0.717) is 40.1 Å². The van der Waals surface area contributed by atoms with Crippen molar-refractivity contribution in [1.29, 1.82) is 0 Å². The van der Waals surface area contributed by atoms with Gasteiger partial charge in [-0.2, -0.15) is 0 Å². The molecule has 4 aromatic rings. The standard InChI is InChI=1S/C30H29N3O2/c34-29-22-8-4-5-9-26(22)31-27-12-10-20(14-23(27)29)30(35)33-16-21-11-13-28(33)25-18-32(17-24(21)25)15-19-6-2-1-3-7-19/h1-10,12,14,21,24-25,28H,11,13,15-18H2,(H,31,34). The van der Waals surface area contributed by atoms with E-state index >= 15 is 0 Å². The predicted molar refractivity (Wildman–Crippen MR) is 138 cm³/mol. The molecule has 1 N–H and O–H groups in total. The van der Waals surface area contributed by atoms with Gasteiger partial charge in [-0.25, -0.2) is 0 Å². The molecule has 176 valence electrons. The highest BCUT2D eigenvalue weighted by Gasteiger charge is 2.52. The van der Waals surface area contributed by atoms with Crippen LogP contribution in [0.4, 0.5) is 0 Å². The number of pyridine rings is 1. The molecule has 2 bridgehead atoms. The molecule has 4 unspecified atom stereocenters. The fraction of sp³-hybridized carbons (Fsp3) is 0.333. The molecule has 1 aromatic heterocycles. The number of benzene rings is 3. The van der Waals surface area contributed by atoms with Gasteiger partial charge in [0.1, 0.15) is 0 Å². The third-order valence-electron chi connectivity index (χ3n) is 8.71. The van der Waals surface area contributed by atoms with Gasteiger partial charge in [-0.3, -0.25) is 14.5 Å². The van der Waals surface area contributed by atoms with Gasteiger partial charge in [0, 0.05) is 59.6 Å². The summed E-state index contributed by atoms with van der Waals surface area (Å²) in [5.74, 6) is 1.88. The third-order valence-corrected chi connectivity index (χ3v) is 8.71. The van der Waals surface area contributed by atoms with Gasteiger partial charge in [-0.05, 0) is 66.5 Å². The molecule has 4 fully saturated rings. The second-order valence-corrected chi connectivity index (χ2v) is 10.6. The summed E-state index contributed by atoms with van der Waals surface area (Å²) in [6.07, 6.45) is 2.31. The van der Waals surface area contributed by atoms with Crippen LogP contribution in [0.5, 0.6) is 0 Å². The molecule has 4 aliphatic rings. The first kappa shape index (κ1) is 20.9. The smallest absolute Gasteiger partial charge is 0.254 e. The lowest BCUT2D eigenvalue weighted by atomic mass is 9.66. The number of aromatic nitrogens is 1. The fourth-order valence-corrected chi connectivity index (χ4v) is 7.09. The van der Waals surface area contributed by atoms with Crippen molar-refractivity contribution in [2.24, 2.45) is 17.8 Å². The molecule has 35 heavy (non-hydrogen) atoms. The van der Waals surface area contributed by atoms with E-state index in [-0.39, 0.29) is 11.3 Å². The molecule has 0 radical (unpaired) electrons. The lowest BCUT2D eigenvalue weighted by Crippen LogP contribution is -2.59. The Hall–Kier alpha value is -3.44. The Bertz CT molecular complexity index is 1490. The lowest BCUT2D eigenvalue weighted by Gasteiger charge is -2.52. The number of nitrogens with one attached hydrogen (secondary N) is 1. The summed E-state index contributed by atoms with van der Waals surface area (Å²) in [5.41, 5.74) is 3.57. The van der Waals surface area contributed by atoms with Crippen LogP contribution in [-0.2, 0) is 6.54 Å². The van der Waals surface area contributed by atoms with E-state index in [9.17, 15) is 9.59 Å². The number of hydrogen-bond acceptors (Lipinski definition) is 3. The lowest BCUT2D eigenvalue weighted by molar-refractivity contribution is -0.0144. The van der Waals surface area contributed by atoms with Crippen LogP contribution in [0.25, 0.3) is 21.8 Å². The Balaban J connectivity index is 1.16. The normalized spacial score (nSPS) is 25.9. The topological polar surface area (TPSA) is 56.4 Å². The minimum Gasteiger partial charge on any atom is -0.354 e. The Labute approximate surface area is 204 Å². The Morgan fingerprint density at radius 2 is 1.60 bits per heavy atom. The summed E-state index contributed by atoms with van der Waals surface area (Å²) >= 11 is 0. The van der Waals surface area contributed by atoms with Gasteiger partial charge < -0.3 is 9.88 Å². The number of rotatable bonds is 3. The fourth-order valence-electron chi connectivity index (χ4n) is 7.09. The van der Waals surface area contributed by atoms with Crippen molar-refractivity contribution < 1.29 is 4.79 Å². The van der Waals surface area contributed by atoms with Crippen LogP contribution in [-0.4, -0.2) is 46.4 Å². The average molecular weight is 464 g/mol. The number of carbonyl (C=O) groups excluding carboxylic acids is 1. The van der Waals surface area contributed by atoms with Crippen LogP contribution >= 0.6 is 0 Å². The van der Waals surface area contributed by atoms with Gasteiger partial charge in [0.05, 0.1) is 0 Å². The zero-order chi connectivity index (χ0) is 23.5. The van der Waals surface area contributed by atoms with E-state index in [4.69, 9.17) is 0 Å². The number of para-hydroxylation sites is 1. The molecule has 3 aromatic carbocycles. The summed E-state index contributed by atoms with van der Waals surface area (Å²) in [6.45, 7) is 4.04. The monoisotopic (exact) mass is 463 g/mol. The number of likely N-dealkylation sites (tertiary alicyclic amines) is 1. The van der Waals surface area contributed by atoms with E-state index in [0.717, 1.165) is 43.6 Å². The first-order chi connectivity index (χ1) is 17.2. The molecule has 4 heterocycles. The summed E-state index contributed by atoms with van der Waals surface area (Å²) in [5, 5.41) is 1.25. The van der Waals surface area contributed by atoms with E-state index in [1.807, 2.05) is 36.4 Å².